The number of carbonyl (C=O) groups excluding carboxylic acids is 3. The molecule has 0 heterocycles. The molecule has 4 rings (SSSR count). The second-order valence-electron chi connectivity index (χ2n) is 8.87. The molecule has 0 saturated carbocycles. The molecule has 0 bridgehead atoms. The maximum absolute atomic E-state index is 12.9. The SMILES string of the molecule is CC(NC(=O)c1ccc(NCC(=O)Nc2cccc(C(=O)N(C)c3ccccc3)c2)cc1)c1ccccc1. The molecule has 0 aliphatic heterocycles. The Kier molecular flexibility index (Phi) is 8.51. The largest absolute Gasteiger partial charge is 0.376 e. The Morgan fingerprint density at radius 1 is 0.737 bits per heavy atom. The zero-order valence-electron chi connectivity index (χ0n) is 21.3. The summed E-state index contributed by atoms with van der Waals surface area (Å²) in [5.74, 6) is -0.602. The quantitative estimate of drug-likeness (QED) is 0.279. The van der Waals surface area contributed by atoms with Gasteiger partial charge in [-0.2, -0.15) is 0 Å². The van der Waals surface area contributed by atoms with E-state index in [9.17, 15) is 14.4 Å². The lowest BCUT2D eigenvalue weighted by atomic mass is 10.1. The molecule has 38 heavy (non-hydrogen) atoms. The van der Waals surface area contributed by atoms with E-state index in [2.05, 4.69) is 16.0 Å². The summed E-state index contributed by atoms with van der Waals surface area (Å²) in [5.41, 5.74) is 4.06. The van der Waals surface area contributed by atoms with Crippen LogP contribution >= 0.6 is 0 Å². The van der Waals surface area contributed by atoms with Crippen LogP contribution in [0.2, 0.25) is 0 Å². The third-order valence-electron chi connectivity index (χ3n) is 6.09. The maximum Gasteiger partial charge on any atom is 0.258 e. The summed E-state index contributed by atoms with van der Waals surface area (Å²) in [6.07, 6.45) is 0. The van der Waals surface area contributed by atoms with E-state index in [0.717, 1.165) is 11.3 Å². The zero-order chi connectivity index (χ0) is 26.9. The monoisotopic (exact) mass is 506 g/mol. The number of nitrogens with zero attached hydrogens (tertiary/aromatic N) is 1. The van der Waals surface area contributed by atoms with Gasteiger partial charge < -0.3 is 20.9 Å². The Balaban J connectivity index is 1.28. The highest BCUT2D eigenvalue weighted by atomic mass is 16.2. The van der Waals surface area contributed by atoms with Crippen molar-refractivity contribution < 1.29 is 14.4 Å². The van der Waals surface area contributed by atoms with E-state index in [1.807, 2.05) is 67.6 Å². The first kappa shape index (κ1) is 26.2. The predicted octanol–water partition coefficient (Wildman–Crippen LogP) is 5.50. The fourth-order valence-corrected chi connectivity index (χ4v) is 3.92. The Labute approximate surface area is 222 Å². The van der Waals surface area contributed by atoms with Crippen molar-refractivity contribution in [2.75, 3.05) is 29.1 Å². The topological polar surface area (TPSA) is 90.5 Å². The van der Waals surface area contributed by atoms with Crippen molar-refractivity contribution in [2.24, 2.45) is 0 Å². The van der Waals surface area contributed by atoms with Crippen LogP contribution in [-0.2, 0) is 4.79 Å². The summed E-state index contributed by atoms with van der Waals surface area (Å²) >= 11 is 0. The fourth-order valence-electron chi connectivity index (χ4n) is 3.92. The maximum atomic E-state index is 12.9. The summed E-state index contributed by atoms with van der Waals surface area (Å²) < 4.78 is 0. The number of para-hydroxylation sites is 1. The van der Waals surface area contributed by atoms with Gasteiger partial charge in [0.2, 0.25) is 5.91 Å². The molecule has 7 nitrogen and oxygen atoms in total. The van der Waals surface area contributed by atoms with Crippen LogP contribution in [0.4, 0.5) is 17.1 Å². The fraction of sp³-hybridized carbons (Fsp3) is 0.129. The average Bonchev–Trinajstić information content (AvgIpc) is 2.96. The van der Waals surface area contributed by atoms with Gasteiger partial charge in [0.05, 0.1) is 12.6 Å². The van der Waals surface area contributed by atoms with Gasteiger partial charge in [0.25, 0.3) is 11.8 Å². The van der Waals surface area contributed by atoms with Crippen LogP contribution in [0.25, 0.3) is 0 Å². The van der Waals surface area contributed by atoms with Crippen molar-refractivity contribution in [3.05, 3.63) is 126 Å². The second-order valence-corrected chi connectivity index (χ2v) is 8.87. The van der Waals surface area contributed by atoms with Crippen molar-refractivity contribution in [2.45, 2.75) is 13.0 Å². The first-order chi connectivity index (χ1) is 18.4. The number of hydrogen-bond acceptors (Lipinski definition) is 4. The standard InChI is InChI=1S/C31H30N4O3/c1-22(23-10-5-3-6-11-23)33-30(37)24-16-18-26(19-17-24)32-21-29(36)34-27-13-9-12-25(20-27)31(38)35(2)28-14-7-4-8-15-28/h3-20,22,32H,21H2,1-2H3,(H,33,37)(H,34,36). The summed E-state index contributed by atoms with van der Waals surface area (Å²) in [6.45, 7) is 1.97. The highest BCUT2D eigenvalue weighted by Gasteiger charge is 2.15. The molecule has 3 amide bonds. The van der Waals surface area contributed by atoms with E-state index >= 15 is 0 Å². The van der Waals surface area contributed by atoms with Gasteiger partial charge >= 0.3 is 0 Å². The molecule has 7 heteroatoms. The minimum atomic E-state index is -0.260. The molecular weight excluding hydrogens is 476 g/mol. The molecule has 0 radical (unpaired) electrons. The van der Waals surface area contributed by atoms with Gasteiger partial charge in [-0.3, -0.25) is 14.4 Å². The van der Waals surface area contributed by atoms with E-state index in [-0.39, 0.29) is 30.3 Å². The number of amides is 3. The Morgan fingerprint density at radius 2 is 1.39 bits per heavy atom. The average molecular weight is 507 g/mol. The van der Waals surface area contributed by atoms with Crippen LogP contribution < -0.4 is 20.9 Å². The highest BCUT2D eigenvalue weighted by Crippen LogP contribution is 2.18. The number of benzene rings is 4. The first-order valence-corrected chi connectivity index (χ1v) is 12.3. The Bertz CT molecular complexity index is 1390. The van der Waals surface area contributed by atoms with Crippen molar-refractivity contribution in [3.63, 3.8) is 0 Å². The molecule has 1 unspecified atom stereocenters. The highest BCUT2D eigenvalue weighted by molar-refractivity contribution is 6.06. The van der Waals surface area contributed by atoms with Crippen LogP contribution in [0.5, 0.6) is 0 Å². The summed E-state index contributed by atoms with van der Waals surface area (Å²) in [6, 6.07) is 32.8. The van der Waals surface area contributed by atoms with Gasteiger partial charge in [-0.1, -0.05) is 54.6 Å². The van der Waals surface area contributed by atoms with Gasteiger partial charge in [0.1, 0.15) is 0 Å². The number of anilines is 3. The van der Waals surface area contributed by atoms with Gasteiger partial charge in [-0.25, -0.2) is 0 Å². The lowest BCUT2D eigenvalue weighted by molar-refractivity contribution is -0.114. The summed E-state index contributed by atoms with van der Waals surface area (Å²) in [4.78, 5) is 39.5. The molecular formula is C31H30N4O3. The van der Waals surface area contributed by atoms with Crippen LogP contribution in [0.3, 0.4) is 0 Å². The van der Waals surface area contributed by atoms with Gasteiger partial charge in [-0.05, 0) is 67.1 Å². The van der Waals surface area contributed by atoms with Crippen molar-refractivity contribution >= 4 is 34.8 Å². The number of hydrogen-bond donors (Lipinski definition) is 3. The first-order valence-electron chi connectivity index (χ1n) is 12.3. The molecule has 0 aromatic heterocycles. The third-order valence-corrected chi connectivity index (χ3v) is 6.09. The van der Waals surface area contributed by atoms with E-state index < -0.39 is 0 Å². The Hall–Kier alpha value is -4.91. The lowest BCUT2D eigenvalue weighted by Crippen LogP contribution is -2.27. The molecule has 0 spiro atoms. The number of carbonyl (C=O) groups is 3. The second kappa shape index (κ2) is 12.4. The smallest absolute Gasteiger partial charge is 0.258 e. The van der Waals surface area contributed by atoms with Gasteiger partial charge in [-0.15, -0.1) is 0 Å². The zero-order valence-corrected chi connectivity index (χ0v) is 21.3. The molecule has 192 valence electrons. The molecule has 3 N–H and O–H groups in total. The predicted molar refractivity (Wildman–Crippen MR) is 152 cm³/mol. The van der Waals surface area contributed by atoms with Crippen LogP contribution in [-0.4, -0.2) is 31.3 Å². The van der Waals surface area contributed by atoms with Crippen LogP contribution in [0.1, 0.15) is 39.2 Å². The van der Waals surface area contributed by atoms with Crippen LogP contribution in [0, 0.1) is 0 Å². The number of nitrogens with one attached hydrogen (secondary N) is 3. The van der Waals surface area contributed by atoms with Crippen molar-refractivity contribution in [1.82, 2.24) is 5.32 Å². The van der Waals surface area contributed by atoms with Crippen molar-refractivity contribution in [3.8, 4) is 0 Å². The normalized spacial score (nSPS) is 11.2. The molecule has 1 atom stereocenters. The van der Waals surface area contributed by atoms with E-state index in [1.165, 1.54) is 0 Å². The molecule has 0 saturated heterocycles. The van der Waals surface area contributed by atoms with E-state index in [1.54, 1.807) is 60.5 Å². The Morgan fingerprint density at radius 3 is 2.08 bits per heavy atom. The summed E-state index contributed by atoms with van der Waals surface area (Å²) in [7, 11) is 1.71. The molecule has 4 aromatic rings. The number of rotatable bonds is 9. The minimum Gasteiger partial charge on any atom is -0.376 e. The van der Waals surface area contributed by atoms with E-state index in [0.29, 0.717) is 22.5 Å². The van der Waals surface area contributed by atoms with E-state index in [4.69, 9.17) is 0 Å². The molecule has 0 fully saturated rings. The minimum absolute atomic E-state index is 0.0265. The van der Waals surface area contributed by atoms with Gasteiger partial charge in [0, 0.05) is 35.2 Å². The molecule has 0 aliphatic carbocycles. The molecule has 0 aliphatic rings. The lowest BCUT2D eigenvalue weighted by Gasteiger charge is -2.18. The van der Waals surface area contributed by atoms with Crippen LogP contribution in [0.15, 0.2) is 109 Å². The third kappa shape index (κ3) is 6.85. The summed E-state index contributed by atoms with van der Waals surface area (Å²) in [5, 5.41) is 8.86. The van der Waals surface area contributed by atoms with Gasteiger partial charge in [0.15, 0.2) is 0 Å². The molecule has 4 aromatic carbocycles. The van der Waals surface area contributed by atoms with Crippen molar-refractivity contribution in [1.29, 1.82) is 0 Å².